The molecular weight excluding hydrogens is 245 g/mol. The van der Waals surface area contributed by atoms with E-state index in [4.69, 9.17) is 4.74 Å². The summed E-state index contributed by atoms with van der Waals surface area (Å²) in [4.78, 5) is 12.1. The summed E-state index contributed by atoms with van der Waals surface area (Å²) in [6.07, 6.45) is 3.73. The van der Waals surface area contributed by atoms with Gasteiger partial charge >= 0.3 is 0 Å². The molecule has 0 saturated carbocycles. The Morgan fingerprint density at radius 3 is 2.89 bits per heavy atom. The number of benzene rings is 1. The number of carbonyl (C=O) groups excluding carboxylic acids is 1. The predicted octanol–water partition coefficient (Wildman–Crippen LogP) is 2.94. The first kappa shape index (κ1) is 14.0. The summed E-state index contributed by atoms with van der Waals surface area (Å²) in [6.45, 7) is 2.13. The standard InChI is InChI=1S/C15H20FNO2/c1-10-4-3-5-12(17-10)9-14(18)11-6-7-15(19-2)13(16)8-11/h6-8,10,12,17H,3-5,9H2,1-2H3. The van der Waals surface area contributed by atoms with E-state index in [2.05, 4.69) is 12.2 Å². The maximum Gasteiger partial charge on any atom is 0.165 e. The number of halogens is 1. The van der Waals surface area contributed by atoms with Crippen LogP contribution in [-0.4, -0.2) is 25.0 Å². The van der Waals surface area contributed by atoms with Crippen LogP contribution in [0.3, 0.4) is 0 Å². The fourth-order valence-electron chi connectivity index (χ4n) is 2.58. The Hall–Kier alpha value is -1.42. The molecule has 0 aromatic heterocycles. The number of methoxy groups -OCH3 is 1. The highest BCUT2D eigenvalue weighted by atomic mass is 19.1. The number of carbonyl (C=O) groups is 1. The first-order chi connectivity index (χ1) is 9.10. The molecule has 104 valence electrons. The van der Waals surface area contributed by atoms with Crippen molar-refractivity contribution in [3.63, 3.8) is 0 Å². The number of rotatable bonds is 4. The summed E-state index contributed by atoms with van der Waals surface area (Å²) in [5, 5.41) is 3.41. The predicted molar refractivity (Wildman–Crippen MR) is 72.1 cm³/mol. The van der Waals surface area contributed by atoms with Gasteiger partial charge in [-0.05, 0) is 38.0 Å². The van der Waals surface area contributed by atoms with E-state index in [1.807, 2.05) is 0 Å². The topological polar surface area (TPSA) is 38.3 Å². The Morgan fingerprint density at radius 2 is 2.26 bits per heavy atom. The Bertz CT molecular complexity index is 461. The molecule has 4 heteroatoms. The Morgan fingerprint density at radius 1 is 1.47 bits per heavy atom. The van der Waals surface area contributed by atoms with Gasteiger partial charge in [-0.15, -0.1) is 0 Å². The number of ether oxygens (including phenoxy) is 1. The van der Waals surface area contributed by atoms with Gasteiger partial charge in [0.1, 0.15) is 0 Å². The van der Waals surface area contributed by atoms with E-state index in [9.17, 15) is 9.18 Å². The minimum Gasteiger partial charge on any atom is -0.494 e. The average molecular weight is 265 g/mol. The second kappa shape index (κ2) is 6.15. The van der Waals surface area contributed by atoms with Crippen LogP contribution in [0, 0.1) is 5.82 Å². The smallest absolute Gasteiger partial charge is 0.165 e. The van der Waals surface area contributed by atoms with Gasteiger partial charge in [0.15, 0.2) is 17.3 Å². The first-order valence-corrected chi connectivity index (χ1v) is 6.73. The van der Waals surface area contributed by atoms with Crippen molar-refractivity contribution in [2.45, 2.75) is 44.7 Å². The molecule has 1 aliphatic rings. The van der Waals surface area contributed by atoms with Crippen LogP contribution < -0.4 is 10.1 Å². The van der Waals surface area contributed by atoms with Crippen molar-refractivity contribution in [1.82, 2.24) is 5.32 Å². The fraction of sp³-hybridized carbons (Fsp3) is 0.533. The SMILES string of the molecule is COc1ccc(C(=O)CC2CCCC(C)N2)cc1F. The lowest BCUT2D eigenvalue weighted by Gasteiger charge is -2.28. The highest BCUT2D eigenvalue weighted by Crippen LogP contribution is 2.21. The maximum absolute atomic E-state index is 13.6. The molecule has 1 fully saturated rings. The van der Waals surface area contributed by atoms with Gasteiger partial charge in [0, 0.05) is 24.1 Å². The van der Waals surface area contributed by atoms with Crippen LogP contribution in [0.5, 0.6) is 5.75 Å². The van der Waals surface area contributed by atoms with Crippen LogP contribution in [0.2, 0.25) is 0 Å². The average Bonchev–Trinajstić information content (AvgIpc) is 2.38. The van der Waals surface area contributed by atoms with Crippen molar-refractivity contribution in [1.29, 1.82) is 0 Å². The summed E-state index contributed by atoms with van der Waals surface area (Å²) in [6, 6.07) is 5.05. The lowest BCUT2D eigenvalue weighted by atomic mass is 9.94. The van der Waals surface area contributed by atoms with Crippen LogP contribution in [0.15, 0.2) is 18.2 Å². The van der Waals surface area contributed by atoms with Crippen molar-refractivity contribution in [3.8, 4) is 5.75 Å². The molecule has 1 aliphatic heterocycles. The first-order valence-electron chi connectivity index (χ1n) is 6.73. The summed E-state index contributed by atoms with van der Waals surface area (Å²) in [7, 11) is 1.41. The lowest BCUT2D eigenvalue weighted by molar-refractivity contribution is 0.0959. The zero-order chi connectivity index (χ0) is 13.8. The van der Waals surface area contributed by atoms with Gasteiger partial charge in [-0.3, -0.25) is 4.79 Å². The van der Waals surface area contributed by atoms with Crippen molar-refractivity contribution in [2.75, 3.05) is 7.11 Å². The molecule has 1 N–H and O–H groups in total. The monoisotopic (exact) mass is 265 g/mol. The van der Waals surface area contributed by atoms with E-state index in [0.717, 1.165) is 19.3 Å². The quantitative estimate of drug-likeness (QED) is 0.851. The van der Waals surface area contributed by atoms with Gasteiger partial charge < -0.3 is 10.1 Å². The Balaban J connectivity index is 2.01. The normalized spacial score (nSPS) is 23.1. The molecule has 0 spiro atoms. The molecule has 19 heavy (non-hydrogen) atoms. The molecule has 1 aromatic rings. The Labute approximate surface area is 113 Å². The summed E-state index contributed by atoms with van der Waals surface area (Å²) in [5.41, 5.74) is 0.415. The van der Waals surface area contributed by atoms with E-state index in [-0.39, 0.29) is 17.6 Å². The zero-order valence-corrected chi connectivity index (χ0v) is 11.4. The van der Waals surface area contributed by atoms with Gasteiger partial charge in [-0.1, -0.05) is 6.42 Å². The molecule has 1 saturated heterocycles. The number of Topliss-reactive ketones (excluding diaryl/α,β-unsaturated/α-hetero) is 1. The third-order valence-corrected chi connectivity index (χ3v) is 3.62. The van der Waals surface area contributed by atoms with Gasteiger partial charge in [0.2, 0.25) is 0 Å². The molecule has 0 bridgehead atoms. The molecule has 0 radical (unpaired) electrons. The van der Waals surface area contributed by atoms with Crippen molar-refractivity contribution < 1.29 is 13.9 Å². The highest BCUT2D eigenvalue weighted by Gasteiger charge is 2.21. The van der Waals surface area contributed by atoms with Crippen LogP contribution in [0.4, 0.5) is 4.39 Å². The van der Waals surface area contributed by atoms with E-state index < -0.39 is 5.82 Å². The number of ketones is 1. The molecule has 2 rings (SSSR count). The molecule has 2 unspecified atom stereocenters. The fourth-order valence-corrected chi connectivity index (χ4v) is 2.58. The molecule has 3 nitrogen and oxygen atoms in total. The van der Waals surface area contributed by atoms with Crippen LogP contribution in [0.25, 0.3) is 0 Å². The second-order valence-electron chi connectivity index (χ2n) is 5.17. The minimum absolute atomic E-state index is 0.0202. The van der Waals surface area contributed by atoms with E-state index in [1.54, 1.807) is 6.07 Å². The molecule has 1 aromatic carbocycles. The van der Waals surface area contributed by atoms with Crippen molar-refractivity contribution >= 4 is 5.78 Å². The van der Waals surface area contributed by atoms with Gasteiger partial charge in [-0.25, -0.2) is 4.39 Å². The lowest BCUT2D eigenvalue weighted by Crippen LogP contribution is -2.41. The van der Waals surface area contributed by atoms with Gasteiger partial charge in [-0.2, -0.15) is 0 Å². The van der Waals surface area contributed by atoms with Gasteiger partial charge in [0.05, 0.1) is 7.11 Å². The summed E-state index contributed by atoms with van der Waals surface area (Å²) in [5.74, 6) is -0.340. The molecule has 0 amide bonds. The van der Waals surface area contributed by atoms with E-state index in [1.165, 1.54) is 19.2 Å². The number of hydrogen-bond acceptors (Lipinski definition) is 3. The highest BCUT2D eigenvalue weighted by molar-refractivity contribution is 5.96. The molecular formula is C15H20FNO2. The van der Waals surface area contributed by atoms with E-state index in [0.29, 0.717) is 18.0 Å². The van der Waals surface area contributed by atoms with E-state index >= 15 is 0 Å². The van der Waals surface area contributed by atoms with Crippen molar-refractivity contribution in [2.24, 2.45) is 0 Å². The molecule has 0 aliphatic carbocycles. The third-order valence-electron chi connectivity index (χ3n) is 3.62. The number of nitrogens with one attached hydrogen (secondary N) is 1. The van der Waals surface area contributed by atoms with Crippen LogP contribution in [-0.2, 0) is 0 Å². The number of piperidine rings is 1. The summed E-state index contributed by atoms with van der Waals surface area (Å²) < 4.78 is 18.4. The maximum atomic E-state index is 13.6. The third kappa shape index (κ3) is 3.53. The van der Waals surface area contributed by atoms with Crippen molar-refractivity contribution in [3.05, 3.63) is 29.6 Å². The summed E-state index contributed by atoms with van der Waals surface area (Å²) >= 11 is 0. The zero-order valence-electron chi connectivity index (χ0n) is 11.4. The van der Waals surface area contributed by atoms with Gasteiger partial charge in [0.25, 0.3) is 0 Å². The molecule has 2 atom stereocenters. The molecule has 1 heterocycles. The largest absolute Gasteiger partial charge is 0.494 e. The second-order valence-corrected chi connectivity index (χ2v) is 5.17. The van der Waals surface area contributed by atoms with Crippen LogP contribution in [0.1, 0.15) is 43.0 Å². The van der Waals surface area contributed by atoms with Crippen LogP contribution >= 0.6 is 0 Å². The Kier molecular flexibility index (Phi) is 4.53. The minimum atomic E-state index is -0.488. The number of hydrogen-bond donors (Lipinski definition) is 1.